The van der Waals surface area contributed by atoms with Crippen LogP contribution in [0.3, 0.4) is 0 Å². The normalized spacial score (nSPS) is 13.4. The van der Waals surface area contributed by atoms with Gasteiger partial charge < -0.3 is 10.2 Å². The molecule has 0 spiro atoms. The lowest BCUT2D eigenvalue weighted by atomic mass is 10.0. The van der Waals surface area contributed by atoms with E-state index >= 15 is 0 Å². The van der Waals surface area contributed by atoms with Gasteiger partial charge in [0, 0.05) is 31.5 Å². The molecule has 4 heteroatoms. The molecule has 0 amide bonds. The lowest BCUT2D eigenvalue weighted by Crippen LogP contribution is -2.42. The third-order valence-corrected chi connectivity index (χ3v) is 3.48. The summed E-state index contributed by atoms with van der Waals surface area (Å²) >= 11 is 0. The lowest BCUT2D eigenvalue weighted by Gasteiger charge is -2.25. The number of hydrogen-bond acceptors (Lipinski definition) is 3. The molecule has 0 aliphatic heterocycles. The molecule has 0 aliphatic rings. The SMILES string of the molecule is CCN(CC)CCNC(Cn1cccn1)C(C)C. The number of rotatable bonds is 9. The molecule has 0 fully saturated rings. The van der Waals surface area contributed by atoms with Crippen molar-refractivity contribution < 1.29 is 0 Å². The highest BCUT2D eigenvalue weighted by molar-refractivity contribution is 4.80. The van der Waals surface area contributed by atoms with E-state index in [1.54, 1.807) is 0 Å². The largest absolute Gasteiger partial charge is 0.311 e. The quantitative estimate of drug-likeness (QED) is 0.728. The molecule has 1 aromatic rings. The van der Waals surface area contributed by atoms with Crippen LogP contribution >= 0.6 is 0 Å². The molecule has 4 nitrogen and oxygen atoms in total. The van der Waals surface area contributed by atoms with Crippen LogP contribution in [0.5, 0.6) is 0 Å². The van der Waals surface area contributed by atoms with Gasteiger partial charge in [-0.25, -0.2) is 0 Å². The van der Waals surface area contributed by atoms with Gasteiger partial charge in [0.1, 0.15) is 0 Å². The summed E-state index contributed by atoms with van der Waals surface area (Å²) in [6.07, 6.45) is 3.87. The topological polar surface area (TPSA) is 33.1 Å². The number of nitrogens with one attached hydrogen (secondary N) is 1. The third kappa shape index (κ3) is 5.19. The fourth-order valence-electron chi connectivity index (χ4n) is 2.07. The average molecular weight is 252 g/mol. The van der Waals surface area contributed by atoms with Gasteiger partial charge in [-0.2, -0.15) is 5.10 Å². The molecule has 1 heterocycles. The highest BCUT2D eigenvalue weighted by Gasteiger charge is 2.13. The van der Waals surface area contributed by atoms with Crippen LogP contribution in [0.2, 0.25) is 0 Å². The summed E-state index contributed by atoms with van der Waals surface area (Å²) in [4.78, 5) is 2.44. The minimum atomic E-state index is 0.487. The van der Waals surface area contributed by atoms with Gasteiger partial charge in [0.25, 0.3) is 0 Å². The van der Waals surface area contributed by atoms with Crippen molar-refractivity contribution in [2.24, 2.45) is 5.92 Å². The van der Waals surface area contributed by atoms with E-state index in [0.29, 0.717) is 12.0 Å². The molecular weight excluding hydrogens is 224 g/mol. The molecular formula is C14H28N4. The molecule has 1 unspecified atom stereocenters. The maximum Gasteiger partial charge on any atom is 0.0565 e. The van der Waals surface area contributed by atoms with Crippen LogP contribution in [0.25, 0.3) is 0 Å². The van der Waals surface area contributed by atoms with Crippen LogP contribution in [0.15, 0.2) is 18.5 Å². The molecule has 0 aliphatic carbocycles. The molecule has 1 atom stereocenters. The summed E-state index contributed by atoms with van der Waals surface area (Å²) in [6.45, 7) is 14.3. The van der Waals surface area contributed by atoms with E-state index in [1.165, 1.54) is 0 Å². The Bertz CT molecular complexity index is 291. The van der Waals surface area contributed by atoms with E-state index in [1.807, 2.05) is 23.1 Å². The van der Waals surface area contributed by atoms with Crippen molar-refractivity contribution in [3.8, 4) is 0 Å². The number of nitrogens with zero attached hydrogens (tertiary/aromatic N) is 3. The molecule has 18 heavy (non-hydrogen) atoms. The second-order valence-electron chi connectivity index (χ2n) is 5.06. The van der Waals surface area contributed by atoms with Crippen molar-refractivity contribution in [1.29, 1.82) is 0 Å². The number of aromatic nitrogens is 2. The van der Waals surface area contributed by atoms with Crippen LogP contribution in [-0.4, -0.2) is 46.9 Å². The Kier molecular flexibility index (Phi) is 6.98. The van der Waals surface area contributed by atoms with Crippen molar-refractivity contribution in [3.05, 3.63) is 18.5 Å². The number of hydrogen-bond donors (Lipinski definition) is 1. The van der Waals surface area contributed by atoms with Gasteiger partial charge in [-0.1, -0.05) is 27.7 Å². The Balaban J connectivity index is 2.34. The maximum absolute atomic E-state index is 4.28. The predicted molar refractivity (Wildman–Crippen MR) is 76.6 cm³/mol. The van der Waals surface area contributed by atoms with Crippen molar-refractivity contribution in [3.63, 3.8) is 0 Å². The summed E-state index contributed by atoms with van der Waals surface area (Å²) in [7, 11) is 0. The van der Waals surface area contributed by atoms with Crippen LogP contribution in [0, 0.1) is 5.92 Å². The molecule has 0 saturated heterocycles. The molecule has 104 valence electrons. The van der Waals surface area contributed by atoms with Crippen molar-refractivity contribution in [2.45, 2.75) is 40.3 Å². The van der Waals surface area contributed by atoms with E-state index < -0.39 is 0 Å². The Labute approximate surface area is 111 Å². The van der Waals surface area contributed by atoms with Crippen LogP contribution in [-0.2, 0) is 6.54 Å². The summed E-state index contributed by atoms with van der Waals surface area (Å²) in [6, 6.07) is 2.47. The van der Waals surface area contributed by atoms with Gasteiger partial charge in [0.05, 0.1) is 6.54 Å². The molecule has 1 N–H and O–H groups in total. The van der Waals surface area contributed by atoms with Gasteiger partial charge in [0.15, 0.2) is 0 Å². The molecule has 0 aromatic carbocycles. The Morgan fingerprint density at radius 1 is 1.28 bits per heavy atom. The number of likely N-dealkylation sites (N-methyl/N-ethyl adjacent to an activating group) is 1. The molecule has 0 radical (unpaired) electrons. The maximum atomic E-state index is 4.28. The van der Waals surface area contributed by atoms with Gasteiger partial charge in [-0.05, 0) is 25.1 Å². The van der Waals surface area contributed by atoms with Crippen molar-refractivity contribution in [1.82, 2.24) is 20.0 Å². The second-order valence-corrected chi connectivity index (χ2v) is 5.06. The monoisotopic (exact) mass is 252 g/mol. The summed E-state index contributed by atoms with van der Waals surface area (Å²) in [5.41, 5.74) is 0. The van der Waals surface area contributed by atoms with Gasteiger partial charge in [0.2, 0.25) is 0 Å². The van der Waals surface area contributed by atoms with Gasteiger partial charge >= 0.3 is 0 Å². The molecule has 0 bridgehead atoms. The van der Waals surface area contributed by atoms with E-state index in [4.69, 9.17) is 0 Å². The van der Waals surface area contributed by atoms with E-state index in [2.05, 4.69) is 43.0 Å². The first-order chi connectivity index (χ1) is 8.67. The fourth-order valence-corrected chi connectivity index (χ4v) is 2.07. The van der Waals surface area contributed by atoms with Crippen molar-refractivity contribution >= 4 is 0 Å². The average Bonchev–Trinajstić information content (AvgIpc) is 2.86. The highest BCUT2D eigenvalue weighted by atomic mass is 15.3. The fraction of sp³-hybridized carbons (Fsp3) is 0.786. The summed E-state index contributed by atoms with van der Waals surface area (Å²) < 4.78 is 2.01. The van der Waals surface area contributed by atoms with E-state index in [0.717, 1.165) is 32.7 Å². The first-order valence-electron chi connectivity index (χ1n) is 7.10. The molecule has 0 saturated carbocycles. The zero-order chi connectivity index (χ0) is 13.4. The Morgan fingerprint density at radius 2 is 2.00 bits per heavy atom. The standard InChI is InChI=1S/C14H28N4/c1-5-17(6-2)11-9-15-14(13(3)4)12-18-10-7-8-16-18/h7-8,10,13-15H,5-6,9,11-12H2,1-4H3. The van der Waals surface area contributed by atoms with E-state index in [-0.39, 0.29) is 0 Å². The van der Waals surface area contributed by atoms with Crippen LogP contribution in [0.1, 0.15) is 27.7 Å². The smallest absolute Gasteiger partial charge is 0.0565 e. The van der Waals surface area contributed by atoms with Gasteiger partial charge in [-0.15, -0.1) is 0 Å². The van der Waals surface area contributed by atoms with Crippen LogP contribution in [0.4, 0.5) is 0 Å². The zero-order valence-electron chi connectivity index (χ0n) is 12.3. The summed E-state index contributed by atoms with van der Waals surface area (Å²) in [5, 5.41) is 7.93. The Morgan fingerprint density at radius 3 is 2.50 bits per heavy atom. The zero-order valence-corrected chi connectivity index (χ0v) is 12.3. The predicted octanol–water partition coefficient (Wildman–Crippen LogP) is 1.84. The minimum absolute atomic E-state index is 0.487. The van der Waals surface area contributed by atoms with Crippen LogP contribution < -0.4 is 5.32 Å². The highest BCUT2D eigenvalue weighted by Crippen LogP contribution is 2.04. The first kappa shape index (κ1) is 15.2. The first-order valence-corrected chi connectivity index (χ1v) is 7.10. The molecule has 1 rings (SSSR count). The summed E-state index contributed by atoms with van der Waals surface area (Å²) in [5.74, 6) is 0.617. The third-order valence-electron chi connectivity index (χ3n) is 3.48. The van der Waals surface area contributed by atoms with Crippen molar-refractivity contribution in [2.75, 3.05) is 26.2 Å². The Hall–Kier alpha value is -0.870. The lowest BCUT2D eigenvalue weighted by molar-refractivity contribution is 0.276. The molecule has 1 aromatic heterocycles. The minimum Gasteiger partial charge on any atom is -0.311 e. The second kappa shape index (κ2) is 8.27. The van der Waals surface area contributed by atoms with Gasteiger partial charge in [-0.3, -0.25) is 4.68 Å². The van der Waals surface area contributed by atoms with E-state index in [9.17, 15) is 0 Å².